The molecule has 0 aliphatic carbocycles. The molecule has 7 heteroatoms. The van der Waals surface area contributed by atoms with Crippen LogP contribution in [0.1, 0.15) is 12.0 Å². The van der Waals surface area contributed by atoms with Gasteiger partial charge in [-0.2, -0.15) is 0 Å². The Labute approximate surface area is 167 Å². The molecule has 1 saturated heterocycles. The Bertz CT molecular complexity index is 810. The van der Waals surface area contributed by atoms with Crippen molar-refractivity contribution < 1.29 is 14.3 Å². The monoisotopic (exact) mass is 431 g/mol. The SMILES string of the molecule is COc1ccc(NC(=O)CC2NCCN(Cc3cccc(Br)c3)C2=O)cc1. The first kappa shape index (κ1) is 19.4. The molecule has 1 aliphatic heterocycles. The van der Waals surface area contributed by atoms with E-state index >= 15 is 0 Å². The first-order valence-corrected chi connectivity index (χ1v) is 9.55. The lowest BCUT2D eigenvalue weighted by Crippen LogP contribution is -2.55. The molecule has 0 aromatic heterocycles. The zero-order valence-corrected chi connectivity index (χ0v) is 16.7. The molecule has 142 valence electrons. The zero-order valence-electron chi connectivity index (χ0n) is 15.1. The molecule has 1 unspecified atom stereocenters. The molecule has 0 saturated carbocycles. The first-order valence-electron chi connectivity index (χ1n) is 8.75. The maximum Gasteiger partial charge on any atom is 0.240 e. The van der Waals surface area contributed by atoms with Crippen molar-refractivity contribution in [2.75, 3.05) is 25.5 Å². The second kappa shape index (κ2) is 9.01. The maximum atomic E-state index is 12.7. The molecule has 0 spiro atoms. The fraction of sp³-hybridized carbons (Fsp3) is 0.300. The molecule has 2 amide bonds. The molecule has 1 aliphatic rings. The average molecular weight is 432 g/mol. The quantitative estimate of drug-likeness (QED) is 0.737. The number of anilines is 1. The fourth-order valence-electron chi connectivity index (χ4n) is 3.04. The number of methoxy groups -OCH3 is 1. The Kier molecular flexibility index (Phi) is 6.47. The van der Waals surface area contributed by atoms with E-state index in [4.69, 9.17) is 4.74 Å². The Morgan fingerprint density at radius 1 is 1.30 bits per heavy atom. The smallest absolute Gasteiger partial charge is 0.240 e. The number of nitrogens with zero attached hydrogens (tertiary/aromatic N) is 1. The second-order valence-corrected chi connectivity index (χ2v) is 7.29. The Balaban J connectivity index is 1.57. The van der Waals surface area contributed by atoms with Gasteiger partial charge < -0.3 is 20.3 Å². The maximum absolute atomic E-state index is 12.7. The molecule has 3 rings (SSSR count). The summed E-state index contributed by atoms with van der Waals surface area (Å²) in [5.41, 5.74) is 1.73. The number of carbonyl (C=O) groups excluding carboxylic acids is 2. The molecular weight excluding hydrogens is 410 g/mol. The summed E-state index contributed by atoms with van der Waals surface area (Å²) in [6.07, 6.45) is 0.0971. The number of hydrogen-bond acceptors (Lipinski definition) is 4. The van der Waals surface area contributed by atoms with Crippen molar-refractivity contribution >= 4 is 33.4 Å². The highest BCUT2D eigenvalue weighted by Gasteiger charge is 2.30. The number of piperazine rings is 1. The summed E-state index contributed by atoms with van der Waals surface area (Å²) in [6, 6.07) is 14.5. The summed E-state index contributed by atoms with van der Waals surface area (Å²) in [4.78, 5) is 26.9. The van der Waals surface area contributed by atoms with Gasteiger partial charge in [0.2, 0.25) is 11.8 Å². The summed E-state index contributed by atoms with van der Waals surface area (Å²) in [6.45, 7) is 1.83. The van der Waals surface area contributed by atoms with Gasteiger partial charge in [0.05, 0.1) is 19.6 Å². The summed E-state index contributed by atoms with van der Waals surface area (Å²) < 4.78 is 6.09. The third kappa shape index (κ3) is 5.30. The van der Waals surface area contributed by atoms with Crippen LogP contribution < -0.4 is 15.4 Å². The van der Waals surface area contributed by atoms with Crippen LogP contribution in [-0.2, 0) is 16.1 Å². The number of hydrogen-bond donors (Lipinski definition) is 2. The van der Waals surface area contributed by atoms with Crippen molar-refractivity contribution in [1.82, 2.24) is 10.2 Å². The van der Waals surface area contributed by atoms with Gasteiger partial charge in [0, 0.05) is 29.8 Å². The highest BCUT2D eigenvalue weighted by atomic mass is 79.9. The van der Waals surface area contributed by atoms with Gasteiger partial charge in [0.1, 0.15) is 5.75 Å². The lowest BCUT2D eigenvalue weighted by Gasteiger charge is -2.33. The van der Waals surface area contributed by atoms with Crippen molar-refractivity contribution in [3.63, 3.8) is 0 Å². The van der Waals surface area contributed by atoms with E-state index in [2.05, 4.69) is 26.6 Å². The normalized spacial score (nSPS) is 16.9. The van der Waals surface area contributed by atoms with Gasteiger partial charge in [0.15, 0.2) is 0 Å². The summed E-state index contributed by atoms with van der Waals surface area (Å²) in [7, 11) is 1.59. The Hall–Kier alpha value is -2.38. The third-order valence-corrected chi connectivity index (χ3v) is 4.90. The number of benzene rings is 2. The summed E-state index contributed by atoms with van der Waals surface area (Å²) >= 11 is 3.45. The van der Waals surface area contributed by atoms with Gasteiger partial charge in [-0.25, -0.2) is 0 Å². The minimum atomic E-state index is -0.510. The number of carbonyl (C=O) groups is 2. The van der Waals surface area contributed by atoms with Crippen molar-refractivity contribution in [3.8, 4) is 5.75 Å². The minimum absolute atomic E-state index is 0.0499. The number of rotatable bonds is 6. The second-order valence-electron chi connectivity index (χ2n) is 6.38. The van der Waals surface area contributed by atoms with Crippen molar-refractivity contribution in [2.45, 2.75) is 19.0 Å². The number of nitrogens with one attached hydrogen (secondary N) is 2. The van der Waals surface area contributed by atoms with Gasteiger partial charge in [-0.1, -0.05) is 28.1 Å². The molecule has 2 aromatic carbocycles. The molecule has 0 radical (unpaired) electrons. The van der Waals surface area contributed by atoms with E-state index in [1.165, 1.54) is 0 Å². The molecule has 27 heavy (non-hydrogen) atoms. The van der Waals surface area contributed by atoms with Crippen LogP contribution in [0.2, 0.25) is 0 Å². The van der Waals surface area contributed by atoms with Gasteiger partial charge in [0.25, 0.3) is 0 Å². The summed E-state index contributed by atoms with van der Waals surface area (Å²) in [5.74, 6) is 0.474. The number of amides is 2. The highest BCUT2D eigenvalue weighted by Crippen LogP contribution is 2.17. The molecule has 0 bridgehead atoms. The van der Waals surface area contributed by atoms with Crippen molar-refractivity contribution in [2.24, 2.45) is 0 Å². The predicted molar refractivity (Wildman–Crippen MR) is 108 cm³/mol. The molecule has 1 heterocycles. The minimum Gasteiger partial charge on any atom is -0.497 e. The van der Waals surface area contributed by atoms with E-state index in [1.54, 1.807) is 36.3 Å². The van der Waals surface area contributed by atoms with Crippen LogP contribution >= 0.6 is 15.9 Å². The van der Waals surface area contributed by atoms with Crippen LogP contribution in [0.3, 0.4) is 0 Å². The van der Waals surface area contributed by atoms with Gasteiger partial charge in [-0.05, 0) is 42.0 Å². The van der Waals surface area contributed by atoms with E-state index in [0.717, 1.165) is 15.8 Å². The Morgan fingerprint density at radius 2 is 2.07 bits per heavy atom. The van der Waals surface area contributed by atoms with Crippen LogP contribution in [0.5, 0.6) is 5.75 Å². The van der Waals surface area contributed by atoms with E-state index in [0.29, 0.717) is 25.3 Å². The lowest BCUT2D eigenvalue weighted by atomic mass is 10.1. The molecule has 2 aromatic rings. The van der Waals surface area contributed by atoms with Crippen LogP contribution in [0.25, 0.3) is 0 Å². The first-order chi connectivity index (χ1) is 13.0. The van der Waals surface area contributed by atoms with E-state index in [1.807, 2.05) is 24.3 Å². The van der Waals surface area contributed by atoms with Crippen LogP contribution in [0.4, 0.5) is 5.69 Å². The average Bonchev–Trinajstić information content (AvgIpc) is 2.66. The van der Waals surface area contributed by atoms with Gasteiger partial charge in [-0.15, -0.1) is 0 Å². The third-order valence-electron chi connectivity index (χ3n) is 4.41. The number of ether oxygens (including phenoxy) is 1. The molecule has 1 atom stereocenters. The largest absolute Gasteiger partial charge is 0.497 e. The Morgan fingerprint density at radius 3 is 2.78 bits per heavy atom. The van der Waals surface area contributed by atoms with Crippen LogP contribution in [0, 0.1) is 0 Å². The zero-order chi connectivity index (χ0) is 19.2. The van der Waals surface area contributed by atoms with Crippen LogP contribution in [-0.4, -0.2) is 43.0 Å². The number of halogens is 1. The standard InChI is InChI=1S/C20H22BrN3O3/c1-27-17-7-5-16(6-8-17)23-19(25)12-18-20(26)24(10-9-22-18)13-14-3-2-4-15(21)11-14/h2-8,11,18,22H,9-10,12-13H2,1H3,(H,23,25). The van der Waals surface area contributed by atoms with Gasteiger partial charge >= 0.3 is 0 Å². The topological polar surface area (TPSA) is 70.7 Å². The van der Waals surface area contributed by atoms with E-state index < -0.39 is 6.04 Å². The summed E-state index contributed by atoms with van der Waals surface area (Å²) in [5, 5.41) is 5.97. The molecule has 6 nitrogen and oxygen atoms in total. The van der Waals surface area contributed by atoms with E-state index in [9.17, 15) is 9.59 Å². The molecular formula is C20H22BrN3O3. The predicted octanol–water partition coefficient (Wildman–Crippen LogP) is 2.79. The van der Waals surface area contributed by atoms with E-state index in [-0.39, 0.29) is 18.2 Å². The highest BCUT2D eigenvalue weighted by molar-refractivity contribution is 9.10. The van der Waals surface area contributed by atoms with Crippen LogP contribution in [0.15, 0.2) is 53.0 Å². The molecule has 1 fully saturated rings. The van der Waals surface area contributed by atoms with Crippen molar-refractivity contribution in [3.05, 3.63) is 58.6 Å². The lowest BCUT2D eigenvalue weighted by molar-refractivity contribution is -0.138. The molecule has 2 N–H and O–H groups in total. The fourth-order valence-corrected chi connectivity index (χ4v) is 3.48. The van der Waals surface area contributed by atoms with Gasteiger partial charge in [-0.3, -0.25) is 9.59 Å². The van der Waals surface area contributed by atoms with Crippen molar-refractivity contribution in [1.29, 1.82) is 0 Å².